The predicted molar refractivity (Wildman–Crippen MR) is 67.9 cm³/mol. The Kier molecular flexibility index (Phi) is 3.89. The molecule has 19 heavy (non-hydrogen) atoms. The number of hydrogen-bond donors (Lipinski definition) is 2. The van der Waals surface area contributed by atoms with Crippen LogP contribution >= 0.6 is 0 Å². The topological polar surface area (TPSA) is 72.2 Å². The number of hydrogen-bond acceptors (Lipinski definition) is 4. The summed E-state index contributed by atoms with van der Waals surface area (Å²) >= 11 is 0. The smallest absolute Gasteiger partial charge is 0.163 e. The van der Waals surface area contributed by atoms with Gasteiger partial charge in [-0.2, -0.15) is 0 Å². The van der Waals surface area contributed by atoms with Gasteiger partial charge in [-0.05, 0) is 24.8 Å². The van der Waals surface area contributed by atoms with Crippen LogP contribution in [0.2, 0.25) is 0 Å². The van der Waals surface area contributed by atoms with Crippen molar-refractivity contribution < 1.29 is 17.2 Å². The van der Waals surface area contributed by atoms with Crippen LogP contribution in [-0.2, 0) is 9.84 Å². The third-order valence-corrected chi connectivity index (χ3v) is 5.35. The van der Waals surface area contributed by atoms with Crippen LogP contribution in [0, 0.1) is 24.5 Å². The summed E-state index contributed by atoms with van der Waals surface area (Å²) in [5, 5.41) is 0. The Morgan fingerprint density at radius 1 is 1.37 bits per heavy atom. The average Bonchev–Trinajstić information content (AvgIpc) is 2.70. The molecular formula is C12H16F2N2O2S. The summed E-state index contributed by atoms with van der Waals surface area (Å²) in [5.41, 5.74) is 2.70. The van der Waals surface area contributed by atoms with E-state index in [2.05, 4.69) is 5.43 Å². The van der Waals surface area contributed by atoms with E-state index in [0.29, 0.717) is 6.42 Å². The van der Waals surface area contributed by atoms with Crippen LogP contribution in [0.3, 0.4) is 0 Å². The number of benzene rings is 1. The van der Waals surface area contributed by atoms with Crippen molar-refractivity contribution in [1.29, 1.82) is 0 Å². The quantitative estimate of drug-likeness (QED) is 0.648. The summed E-state index contributed by atoms with van der Waals surface area (Å²) in [6, 6.07) is 2.21. The molecule has 1 aromatic rings. The molecule has 1 aromatic carbocycles. The van der Waals surface area contributed by atoms with Gasteiger partial charge in [0.1, 0.15) is 0 Å². The number of hydrazine groups is 1. The van der Waals surface area contributed by atoms with E-state index in [0.717, 1.165) is 0 Å². The Labute approximate surface area is 110 Å². The molecule has 106 valence electrons. The molecule has 3 N–H and O–H groups in total. The maximum absolute atomic E-state index is 13.9. The van der Waals surface area contributed by atoms with Crippen molar-refractivity contribution >= 4 is 9.84 Å². The van der Waals surface area contributed by atoms with Gasteiger partial charge in [-0.3, -0.25) is 11.3 Å². The monoisotopic (exact) mass is 290 g/mol. The molecule has 1 saturated heterocycles. The molecule has 4 nitrogen and oxygen atoms in total. The Balaban J connectivity index is 2.36. The van der Waals surface area contributed by atoms with Crippen LogP contribution in [0.1, 0.15) is 23.6 Å². The number of halogens is 2. The number of nitrogens with two attached hydrogens (primary N) is 1. The summed E-state index contributed by atoms with van der Waals surface area (Å²) in [6.07, 6.45) is 0.395. The summed E-state index contributed by atoms with van der Waals surface area (Å²) < 4.78 is 50.4. The van der Waals surface area contributed by atoms with E-state index in [1.807, 2.05) is 0 Å². The Bertz CT molecular complexity index is 590. The van der Waals surface area contributed by atoms with Crippen molar-refractivity contribution in [3.05, 3.63) is 34.9 Å². The maximum atomic E-state index is 13.9. The largest absolute Gasteiger partial charge is 0.271 e. The van der Waals surface area contributed by atoms with Gasteiger partial charge in [-0.15, -0.1) is 0 Å². The van der Waals surface area contributed by atoms with Gasteiger partial charge in [0.05, 0.1) is 17.5 Å². The molecule has 0 aliphatic carbocycles. The van der Waals surface area contributed by atoms with Crippen LogP contribution in [0.4, 0.5) is 8.78 Å². The zero-order valence-electron chi connectivity index (χ0n) is 10.5. The molecule has 0 aromatic heterocycles. The summed E-state index contributed by atoms with van der Waals surface area (Å²) in [6.45, 7) is 1.47. The molecule has 2 rings (SSSR count). The molecule has 7 heteroatoms. The molecule has 0 spiro atoms. The van der Waals surface area contributed by atoms with Crippen LogP contribution in [0.25, 0.3) is 0 Å². The van der Waals surface area contributed by atoms with E-state index in [9.17, 15) is 17.2 Å². The van der Waals surface area contributed by atoms with E-state index in [1.54, 1.807) is 0 Å². The molecule has 0 saturated carbocycles. The average molecular weight is 290 g/mol. The van der Waals surface area contributed by atoms with Gasteiger partial charge in [0.15, 0.2) is 21.5 Å². The standard InChI is InChI=1S/C12H16F2N2O2S/c1-7-2-3-9(11(14)10(7)13)12(16-15)8-4-5-19(17,18)6-8/h2-3,8,12,16H,4-6,15H2,1H3. The number of aryl methyl sites for hydroxylation is 1. The zero-order valence-corrected chi connectivity index (χ0v) is 11.3. The Hall–Kier alpha value is -1.05. The highest BCUT2D eigenvalue weighted by molar-refractivity contribution is 7.91. The lowest BCUT2D eigenvalue weighted by Gasteiger charge is -2.23. The van der Waals surface area contributed by atoms with E-state index in [1.165, 1.54) is 19.1 Å². The fourth-order valence-electron chi connectivity index (χ4n) is 2.47. The Morgan fingerprint density at radius 3 is 2.58 bits per heavy atom. The number of rotatable bonds is 3. The normalized spacial score (nSPS) is 23.5. The lowest BCUT2D eigenvalue weighted by Crippen LogP contribution is -2.35. The molecular weight excluding hydrogens is 274 g/mol. The van der Waals surface area contributed by atoms with Gasteiger partial charge in [0.25, 0.3) is 0 Å². The van der Waals surface area contributed by atoms with Gasteiger partial charge in [-0.25, -0.2) is 17.2 Å². The number of nitrogens with one attached hydrogen (secondary N) is 1. The minimum Gasteiger partial charge on any atom is -0.271 e. The molecule has 1 heterocycles. The molecule has 1 aliphatic rings. The lowest BCUT2D eigenvalue weighted by atomic mass is 9.92. The van der Waals surface area contributed by atoms with E-state index >= 15 is 0 Å². The second kappa shape index (κ2) is 5.15. The zero-order chi connectivity index (χ0) is 14.2. The van der Waals surface area contributed by atoms with Crippen molar-refractivity contribution in [2.24, 2.45) is 11.8 Å². The van der Waals surface area contributed by atoms with E-state index < -0.39 is 27.5 Å². The van der Waals surface area contributed by atoms with Gasteiger partial charge in [-0.1, -0.05) is 12.1 Å². The lowest BCUT2D eigenvalue weighted by molar-refractivity contribution is 0.377. The molecule has 0 radical (unpaired) electrons. The van der Waals surface area contributed by atoms with Crippen molar-refractivity contribution in [3.8, 4) is 0 Å². The molecule has 2 unspecified atom stereocenters. The first-order chi connectivity index (χ1) is 8.85. The highest BCUT2D eigenvalue weighted by Gasteiger charge is 2.35. The summed E-state index contributed by atoms with van der Waals surface area (Å²) in [4.78, 5) is 0. The fraction of sp³-hybridized carbons (Fsp3) is 0.500. The first-order valence-corrected chi connectivity index (χ1v) is 7.79. The van der Waals surface area contributed by atoms with Gasteiger partial charge >= 0.3 is 0 Å². The highest BCUT2D eigenvalue weighted by Crippen LogP contribution is 2.33. The molecule has 1 aliphatic heterocycles. The highest BCUT2D eigenvalue weighted by atomic mass is 32.2. The molecule has 0 bridgehead atoms. The summed E-state index contributed by atoms with van der Waals surface area (Å²) in [7, 11) is -3.10. The Morgan fingerprint density at radius 2 is 2.05 bits per heavy atom. The van der Waals surface area contributed by atoms with E-state index in [4.69, 9.17) is 5.84 Å². The third kappa shape index (κ3) is 2.77. The van der Waals surface area contributed by atoms with Gasteiger partial charge < -0.3 is 0 Å². The van der Waals surface area contributed by atoms with Crippen LogP contribution in [0.15, 0.2) is 12.1 Å². The molecule has 2 atom stereocenters. The maximum Gasteiger partial charge on any atom is 0.163 e. The first-order valence-electron chi connectivity index (χ1n) is 5.97. The van der Waals surface area contributed by atoms with Crippen LogP contribution < -0.4 is 11.3 Å². The van der Waals surface area contributed by atoms with Gasteiger partial charge in [0, 0.05) is 5.56 Å². The van der Waals surface area contributed by atoms with Crippen LogP contribution in [-0.4, -0.2) is 19.9 Å². The molecule has 1 fully saturated rings. The summed E-state index contributed by atoms with van der Waals surface area (Å²) in [5.74, 6) is 3.17. The van der Waals surface area contributed by atoms with Crippen molar-refractivity contribution in [1.82, 2.24) is 5.43 Å². The SMILES string of the molecule is Cc1ccc(C(NN)C2CCS(=O)(=O)C2)c(F)c1F. The van der Waals surface area contributed by atoms with Crippen molar-refractivity contribution in [2.45, 2.75) is 19.4 Å². The first kappa shape index (κ1) is 14.4. The van der Waals surface area contributed by atoms with Crippen molar-refractivity contribution in [3.63, 3.8) is 0 Å². The van der Waals surface area contributed by atoms with Crippen molar-refractivity contribution in [2.75, 3.05) is 11.5 Å². The van der Waals surface area contributed by atoms with Crippen LogP contribution in [0.5, 0.6) is 0 Å². The predicted octanol–water partition coefficient (Wildman–Crippen LogP) is 1.21. The number of sulfone groups is 1. The van der Waals surface area contributed by atoms with E-state index in [-0.39, 0.29) is 28.6 Å². The fourth-order valence-corrected chi connectivity index (χ4v) is 4.31. The van der Waals surface area contributed by atoms with Gasteiger partial charge in [0.2, 0.25) is 0 Å². The minimum atomic E-state index is -3.10. The second-order valence-corrected chi connectivity index (χ2v) is 7.14. The second-order valence-electron chi connectivity index (χ2n) is 4.91. The third-order valence-electron chi connectivity index (χ3n) is 3.56. The minimum absolute atomic E-state index is 0.0587. The molecule has 0 amide bonds.